The number of ether oxygens (including phenoxy) is 2. The highest BCUT2D eigenvalue weighted by Gasteiger charge is 2.22. The molecule has 2 aromatic heterocycles. The first-order chi connectivity index (χ1) is 12.3. The van der Waals surface area contributed by atoms with Gasteiger partial charge in [0.2, 0.25) is 0 Å². The molecule has 0 spiro atoms. The summed E-state index contributed by atoms with van der Waals surface area (Å²) in [6, 6.07) is 0. The summed E-state index contributed by atoms with van der Waals surface area (Å²) in [5.74, 6) is -0.950. The fourth-order valence-corrected chi connectivity index (χ4v) is 3.29. The highest BCUT2D eigenvalue weighted by molar-refractivity contribution is 7.20. The fourth-order valence-electron chi connectivity index (χ4n) is 2.27. The van der Waals surface area contributed by atoms with Crippen LogP contribution in [0, 0.1) is 6.92 Å². The summed E-state index contributed by atoms with van der Waals surface area (Å²) >= 11 is 1.13. The van der Waals surface area contributed by atoms with Crippen LogP contribution in [0.3, 0.4) is 0 Å². The van der Waals surface area contributed by atoms with Crippen LogP contribution in [-0.2, 0) is 20.8 Å². The Morgan fingerprint density at radius 2 is 1.81 bits per heavy atom. The SMILES string of the molecule is CCC(C)OC(=O)Cn1cnc2sc(C(=O)OC(C)CC)c(C)c2c1=O. The van der Waals surface area contributed by atoms with Crippen LogP contribution < -0.4 is 5.56 Å². The third-order valence-corrected chi connectivity index (χ3v) is 5.37. The highest BCUT2D eigenvalue weighted by atomic mass is 32.1. The number of aromatic nitrogens is 2. The van der Waals surface area contributed by atoms with Crippen LogP contribution in [0.4, 0.5) is 0 Å². The molecular weight excluding hydrogens is 356 g/mol. The number of rotatable bonds is 7. The van der Waals surface area contributed by atoms with E-state index in [1.807, 2.05) is 20.8 Å². The second kappa shape index (κ2) is 8.44. The summed E-state index contributed by atoms with van der Waals surface area (Å²) in [6.45, 7) is 8.92. The zero-order valence-electron chi connectivity index (χ0n) is 15.7. The molecule has 0 aromatic carbocycles. The van der Waals surface area contributed by atoms with Gasteiger partial charge in [0.25, 0.3) is 5.56 Å². The minimum Gasteiger partial charge on any atom is -0.461 e. The fraction of sp³-hybridized carbons (Fsp3) is 0.556. The van der Waals surface area contributed by atoms with Gasteiger partial charge in [0, 0.05) is 0 Å². The molecule has 2 rings (SSSR count). The molecule has 2 aromatic rings. The third kappa shape index (κ3) is 4.30. The molecular formula is C18H24N2O5S. The first-order valence-corrected chi connectivity index (χ1v) is 9.49. The summed E-state index contributed by atoms with van der Waals surface area (Å²) in [5.41, 5.74) is 0.160. The Labute approximate surface area is 155 Å². The van der Waals surface area contributed by atoms with Gasteiger partial charge < -0.3 is 9.47 Å². The number of esters is 2. The maximum atomic E-state index is 12.7. The van der Waals surface area contributed by atoms with Gasteiger partial charge in [0.15, 0.2) is 0 Å². The van der Waals surface area contributed by atoms with E-state index >= 15 is 0 Å². The van der Waals surface area contributed by atoms with Gasteiger partial charge in [-0.3, -0.25) is 14.2 Å². The first-order valence-electron chi connectivity index (χ1n) is 8.67. The Bertz CT molecular complexity index is 870. The third-order valence-electron chi connectivity index (χ3n) is 4.19. The number of hydrogen-bond donors (Lipinski definition) is 0. The average Bonchev–Trinajstić information content (AvgIpc) is 2.94. The Kier molecular flexibility index (Phi) is 6.52. The predicted octanol–water partition coefficient (Wildman–Crippen LogP) is 3.06. The summed E-state index contributed by atoms with van der Waals surface area (Å²) in [6.07, 6.45) is 2.30. The largest absolute Gasteiger partial charge is 0.461 e. The summed E-state index contributed by atoms with van der Waals surface area (Å²) in [4.78, 5) is 42.0. The van der Waals surface area contributed by atoms with E-state index in [9.17, 15) is 14.4 Å². The zero-order valence-corrected chi connectivity index (χ0v) is 16.5. The van der Waals surface area contributed by atoms with Gasteiger partial charge in [0.05, 0.1) is 23.9 Å². The van der Waals surface area contributed by atoms with Crippen LogP contribution in [0.1, 0.15) is 55.8 Å². The summed E-state index contributed by atoms with van der Waals surface area (Å²) < 4.78 is 11.8. The van der Waals surface area contributed by atoms with Crippen LogP contribution in [0.15, 0.2) is 11.1 Å². The van der Waals surface area contributed by atoms with E-state index in [1.54, 1.807) is 13.8 Å². The van der Waals surface area contributed by atoms with Gasteiger partial charge in [-0.15, -0.1) is 11.3 Å². The van der Waals surface area contributed by atoms with Crippen molar-refractivity contribution < 1.29 is 19.1 Å². The van der Waals surface area contributed by atoms with Crippen molar-refractivity contribution in [3.8, 4) is 0 Å². The second-order valence-corrected chi connectivity index (χ2v) is 7.25. The molecule has 0 radical (unpaired) electrons. The molecule has 26 heavy (non-hydrogen) atoms. The molecule has 2 unspecified atom stereocenters. The van der Waals surface area contributed by atoms with Crippen molar-refractivity contribution in [3.05, 3.63) is 27.1 Å². The Morgan fingerprint density at radius 1 is 1.19 bits per heavy atom. The standard InChI is InChI=1S/C18H24N2O5S/c1-6-10(3)24-13(21)8-20-9-19-16-14(17(20)22)12(5)15(26-16)18(23)25-11(4)7-2/h9-11H,6-8H2,1-5H3. The van der Waals surface area contributed by atoms with E-state index in [0.29, 0.717) is 33.5 Å². The van der Waals surface area contributed by atoms with Crippen molar-refractivity contribution in [2.75, 3.05) is 0 Å². The number of hydrogen-bond acceptors (Lipinski definition) is 7. The molecule has 0 N–H and O–H groups in total. The topological polar surface area (TPSA) is 87.5 Å². The number of carbonyl (C=O) groups excluding carboxylic acids is 2. The molecule has 7 nitrogen and oxygen atoms in total. The highest BCUT2D eigenvalue weighted by Crippen LogP contribution is 2.27. The van der Waals surface area contributed by atoms with Gasteiger partial charge in [-0.1, -0.05) is 13.8 Å². The average molecular weight is 380 g/mol. The molecule has 0 aliphatic rings. The summed E-state index contributed by atoms with van der Waals surface area (Å²) in [7, 11) is 0. The van der Waals surface area contributed by atoms with Gasteiger partial charge >= 0.3 is 11.9 Å². The van der Waals surface area contributed by atoms with Crippen LogP contribution in [0.2, 0.25) is 0 Å². The molecule has 0 aliphatic carbocycles. The van der Waals surface area contributed by atoms with Gasteiger partial charge in [-0.2, -0.15) is 0 Å². The molecule has 0 amide bonds. The van der Waals surface area contributed by atoms with Crippen LogP contribution >= 0.6 is 11.3 Å². The monoisotopic (exact) mass is 380 g/mol. The van der Waals surface area contributed by atoms with Crippen LogP contribution in [0.5, 0.6) is 0 Å². The van der Waals surface area contributed by atoms with Crippen molar-refractivity contribution in [1.29, 1.82) is 0 Å². The second-order valence-electron chi connectivity index (χ2n) is 6.25. The maximum absolute atomic E-state index is 12.7. The molecule has 0 bridgehead atoms. The van der Waals surface area contributed by atoms with Gasteiger partial charge in [-0.25, -0.2) is 9.78 Å². The number of carbonyl (C=O) groups is 2. The first kappa shape index (κ1) is 20.1. The van der Waals surface area contributed by atoms with Crippen molar-refractivity contribution in [3.63, 3.8) is 0 Å². The molecule has 2 heterocycles. The van der Waals surface area contributed by atoms with Gasteiger partial charge in [-0.05, 0) is 39.2 Å². The van der Waals surface area contributed by atoms with E-state index < -0.39 is 11.9 Å². The predicted molar refractivity (Wildman–Crippen MR) is 99.6 cm³/mol. The lowest BCUT2D eigenvalue weighted by atomic mass is 10.2. The zero-order chi connectivity index (χ0) is 19.4. The Morgan fingerprint density at radius 3 is 2.42 bits per heavy atom. The lowest BCUT2D eigenvalue weighted by molar-refractivity contribution is -0.149. The van der Waals surface area contributed by atoms with Crippen LogP contribution in [0.25, 0.3) is 10.2 Å². The van der Waals surface area contributed by atoms with Crippen LogP contribution in [-0.4, -0.2) is 33.7 Å². The summed E-state index contributed by atoms with van der Waals surface area (Å²) in [5, 5.41) is 0.338. The molecule has 0 saturated heterocycles. The smallest absolute Gasteiger partial charge is 0.348 e. The van der Waals surface area contributed by atoms with Crippen molar-refractivity contribution in [2.24, 2.45) is 0 Å². The number of fused-ring (bicyclic) bond motifs is 1. The minimum absolute atomic E-state index is 0.202. The number of aryl methyl sites for hydroxylation is 1. The van der Waals surface area contributed by atoms with E-state index in [0.717, 1.165) is 11.3 Å². The van der Waals surface area contributed by atoms with Gasteiger partial charge in [0.1, 0.15) is 16.3 Å². The van der Waals surface area contributed by atoms with E-state index in [2.05, 4.69) is 4.98 Å². The quantitative estimate of drug-likeness (QED) is 0.686. The van der Waals surface area contributed by atoms with E-state index in [1.165, 1.54) is 10.9 Å². The molecule has 8 heteroatoms. The number of thiophene rings is 1. The normalized spacial score (nSPS) is 13.4. The Balaban J connectivity index is 2.34. The number of nitrogens with zero attached hydrogens (tertiary/aromatic N) is 2. The minimum atomic E-state index is -0.494. The van der Waals surface area contributed by atoms with Crippen molar-refractivity contribution in [1.82, 2.24) is 9.55 Å². The molecule has 0 fully saturated rings. The Hall–Kier alpha value is -2.22. The lowest BCUT2D eigenvalue weighted by Crippen LogP contribution is -2.27. The van der Waals surface area contributed by atoms with E-state index in [4.69, 9.17) is 9.47 Å². The molecule has 2 atom stereocenters. The molecule has 0 saturated carbocycles. The van der Waals surface area contributed by atoms with E-state index in [-0.39, 0.29) is 24.3 Å². The maximum Gasteiger partial charge on any atom is 0.348 e. The molecule has 142 valence electrons. The van der Waals surface area contributed by atoms with Crippen molar-refractivity contribution >= 4 is 33.5 Å². The molecule has 0 aliphatic heterocycles. The lowest BCUT2D eigenvalue weighted by Gasteiger charge is -2.11. The van der Waals surface area contributed by atoms with Crippen molar-refractivity contribution in [2.45, 2.75) is 66.2 Å².